The van der Waals surface area contributed by atoms with Gasteiger partial charge in [-0.1, -0.05) is 51.9 Å². The van der Waals surface area contributed by atoms with E-state index in [0.717, 1.165) is 17.8 Å². The lowest BCUT2D eigenvalue weighted by molar-refractivity contribution is 0.258. The molecule has 0 unspecified atom stereocenters. The molecule has 0 aromatic carbocycles. The molecule has 1 nitrogen and oxygen atoms in total. The maximum absolute atomic E-state index is 3.79. The summed E-state index contributed by atoms with van der Waals surface area (Å²) in [5, 5.41) is 3.79. The van der Waals surface area contributed by atoms with Crippen molar-refractivity contribution in [2.24, 2.45) is 17.8 Å². The number of hydrogen-bond acceptors (Lipinski definition) is 1. The van der Waals surface area contributed by atoms with E-state index >= 15 is 0 Å². The average molecular weight is 251 g/mol. The van der Waals surface area contributed by atoms with Crippen molar-refractivity contribution in [3.8, 4) is 0 Å². The van der Waals surface area contributed by atoms with Crippen molar-refractivity contribution in [1.29, 1.82) is 0 Å². The van der Waals surface area contributed by atoms with Crippen molar-refractivity contribution < 1.29 is 0 Å². The van der Waals surface area contributed by atoms with Crippen LogP contribution in [-0.2, 0) is 0 Å². The van der Waals surface area contributed by atoms with Gasteiger partial charge in [-0.2, -0.15) is 0 Å². The van der Waals surface area contributed by atoms with E-state index in [1.165, 1.54) is 83.7 Å². The van der Waals surface area contributed by atoms with Crippen LogP contribution in [-0.4, -0.2) is 13.1 Å². The molecule has 18 heavy (non-hydrogen) atoms. The molecule has 0 radical (unpaired) electrons. The second kappa shape index (κ2) is 8.19. The second-order valence-electron chi connectivity index (χ2n) is 6.81. The van der Waals surface area contributed by atoms with Crippen molar-refractivity contribution in [3.05, 3.63) is 0 Å². The minimum Gasteiger partial charge on any atom is -0.316 e. The van der Waals surface area contributed by atoms with Crippen LogP contribution in [0.25, 0.3) is 0 Å². The van der Waals surface area contributed by atoms with Gasteiger partial charge >= 0.3 is 0 Å². The fourth-order valence-electron chi connectivity index (χ4n) is 3.90. The van der Waals surface area contributed by atoms with Gasteiger partial charge < -0.3 is 5.32 Å². The van der Waals surface area contributed by atoms with Crippen molar-refractivity contribution in [2.45, 2.75) is 77.6 Å². The van der Waals surface area contributed by atoms with E-state index in [9.17, 15) is 0 Å². The van der Waals surface area contributed by atoms with Gasteiger partial charge in [0.15, 0.2) is 0 Å². The zero-order chi connectivity index (χ0) is 12.6. The van der Waals surface area contributed by atoms with E-state index in [1.807, 2.05) is 0 Å². The largest absolute Gasteiger partial charge is 0.316 e. The van der Waals surface area contributed by atoms with Crippen LogP contribution in [0.4, 0.5) is 0 Å². The highest BCUT2D eigenvalue weighted by Gasteiger charge is 2.20. The molecular weight excluding hydrogens is 218 g/mol. The zero-order valence-corrected chi connectivity index (χ0v) is 12.4. The maximum Gasteiger partial charge on any atom is -0.00204 e. The van der Waals surface area contributed by atoms with Crippen molar-refractivity contribution in [1.82, 2.24) is 5.32 Å². The van der Waals surface area contributed by atoms with Gasteiger partial charge in [0.05, 0.1) is 0 Å². The van der Waals surface area contributed by atoms with E-state index in [1.54, 1.807) is 0 Å². The molecule has 2 fully saturated rings. The molecule has 2 rings (SSSR count). The van der Waals surface area contributed by atoms with E-state index < -0.39 is 0 Å². The molecule has 2 aliphatic rings. The molecule has 0 atom stereocenters. The highest BCUT2D eigenvalue weighted by molar-refractivity contribution is 4.74. The van der Waals surface area contributed by atoms with Crippen molar-refractivity contribution in [2.75, 3.05) is 13.1 Å². The minimum absolute atomic E-state index is 0.985. The van der Waals surface area contributed by atoms with Gasteiger partial charge in [-0.25, -0.2) is 0 Å². The predicted octanol–water partition coefficient (Wildman–Crippen LogP) is 4.76. The maximum atomic E-state index is 3.79. The Morgan fingerprint density at radius 1 is 0.667 bits per heavy atom. The van der Waals surface area contributed by atoms with E-state index in [0.29, 0.717) is 0 Å². The molecule has 2 saturated carbocycles. The molecule has 2 aliphatic carbocycles. The monoisotopic (exact) mass is 251 g/mol. The minimum atomic E-state index is 0.985. The Balaban J connectivity index is 1.55. The lowest BCUT2D eigenvalue weighted by atomic mass is 9.81. The lowest BCUT2D eigenvalue weighted by Gasteiger charge is -2.28. The fourth-order valence-corrected chi connectivity index (χ4v) is 3.90. The summed E-state index contributed by atoms with van der Waals surface area (Å²) in [6, 6.07) is 0. The first-order valence-corrected chi connectivity index (χ1v) is 8.59. The van der Waals surface area contributed by atoms with Crippen LogP contribution in [0.3, 0.4) is 0 Å². The molecule has 0 amide bonds. The third kappa shape index (κ3) is 4.91. The smallest absolute Gasteiger partial charge is 0.00204 e. The standard InChI is InChI=1S/C17H33N/c1-2-15-9-11-17(12-10-15)14-18-13-16-7-5-3-4-6-8-16/h15-18H,2-14H2,1H3. The first kappa shape index (κ1) is 14.4. The van der Waals surface area contributed by atoms with E-state index in [-0.39, 0.29) is 0 Å². The Kier molecular flexibility index (Phi) is 6.54. The molecule has 106 valence electrons. The van der Waals surface area contributed by atoms with Crippen molar-refractivity contribution >= 4 is 0 Å². The average Bonchev–Trinajstić information content (AvgIpc) is 2.68. The van der Waals surface area contributed by atoms with E-state index in [2.05, 4.69) is 12.2 Å². The summed E-state index contributed by atoms with van der Waals surface area (Å²) in [6.45, 7) is 4.95. The Labute approximate surface area is 114 Å². The first-order valence-electron chi connectivity index (χ1n) is 8.59. The van der Waals surface area contributed by atoms with Crippen molar-refractivity contribution in [3.63, 3.8) is 0 Å². The number of nitrogens with one attached hydrogen (secondary N) is 1. The van der Waals surface area contributed by atoms with Gasteiger partial charge in [-0.3, -0.25) is 0 Å². The first-order chi connectivity index (χ1) is 8.88. The Morgan fingerprint density at radius 2 is 1.17 bits per heavy atom. The number of hydrogen-bond donors (Lipinski definition) is 1. The molecule has 0 heterocycles. The summed E-state index contributed by atoms with van der Waals surface area (Å²) in [7, 11) is 0. The zero-order valence-electron chi connectivity index (χ0n) is 12.4. The molecule has 0 aromatic rings. The second-order valence-corrected chi connectivity index (χ2v) is 6.81. The van der Waals surface area contributed by atoms with Gasteiger partial charge in [-0.15, -0.1) is 0 Å². The van der Waals surface area contributed by atoms with Gasteiger partial charge in [0.25, 0.3) is 0 Å². The molecule has 0 bridgehead atoms. The summed E-state index contributed by atoms with van der Waals surface area (Å²) >= 11 is 0. The molecule has 1 heteroatoms. The van der Waals surface area contributed by atoms with Crippen LogP contribution < -0.4 is 5.32 Å². The SMILES string of the molecule is CCC1CCC(CNCC2CCCCCC2)CC1. The molecule has 1 N–H and O–H groups in total. The van der Waals surface area contributed by atoms with Crippen LogP contribution in [0.2, 0.25) is 0 Å². The Bertz CT molecular complexity index is 198. The normalized spacial score (nSPS) is 31.2. The van der Waals surface area contributed by atoms with Gasteiger partial charge in [0.2, 0.25) is 0 Å². The molecular formula is C17H33N. The molecule has 0 aliphatic heterocycles. The van der Waals surface area contributed by atoms with Crippen LogP contribution in [0, 0.1) is 17.8 Å². The third-order valence-electron chi connectivity index (χ3n) is 5.38. The Morgan fingerprint density at radius 3 is 1.72 bits per heavy atom. The molecule has 0 aromatic heterocycles. The molecule has 0 saturated heterocycles. The van der Waals surface area contributed by atoms with Gasteiger partial charge in [-0.05, 0) is 56.5 Å². The fraction of sp³-hybridized carbons (Fsp3) is 1.00. The quantitative estimate of drug-likeness (QED) is 0.694. The van der Waals surface area contributed by atoms with Gasteiger partial charge in [0.1, 0.15) is 0 Å². The summed E-state index contributed by atoms with van der Waals surface area (Å²) in [4.78, 5) is 0. The van der Waals surface area contributed by atoms with Crippen LogP contribution in [0.15, 0.2) is 0 Å². The number of rotatable bonds is 5. The van der Waals surface area contributed by atoms with Crippen LogP contribution >= 0.6 is 0 Å². The summed E-state index contributed by atoms with van der Waals surface area (Å²) in [6.07, 6.45) is 16.2. The van der Waals surface area contributed by atoms with Gasteiger partial charge in [0, 0.05) is 0 Å². The predicted molar refractivity (Wildman–Crippen MR) is 79.8 cm³/mol. The van der Waals surface area contributed by atoms with Crippen LogP contribution in [0.1, 0.15) is 77.6 Å². The highest BCUT2D eigenvalue weighted by atomic mass is 14.9. The summed E-state index contributed by atoms with van der Waals surface area (Å²) < 4.78 is 0. The topological polar surface area (TPSA) is 12.0 Å². The third-order valence-corrected chi connectivity index (χ3v) is 5.38. The summed E-state index contributed by atoms with van der Waals surface area (Å²) in [5.41, 5.74) is 0. The summed E-state index contributed by atoms with van der Waals surface area (Å²) in [5.74, 6) is 3.01. The Hall–Kier alpha value is -0.0400. The van der Waals surface area contributed by atoms with E-state index in [4.69, 9.17) is 0 Å². The van der Waals surface area contributed by atoms with Crippen LogP contribution in [0.5, 0.6) is 0 Å². The highest BCUT2D eigenvalue weighted by Crippen LogP contribution is 2.30. The lowest BCUT2D eigenvalue weighted by Crippen LogP contribution is -2.30. The molecule has 0 spiro atoms.